The molecule has 0 fully saturated rings. The Morgan fingerprint density at radius 2 is 1.18 bits per heavy atom. The Morgan fingerprint density at radius 3 is 2.07 bits per heavy atom. The summed E-state index contributed by atoms with van der Waals surface area (Å²) in [6.07, 6.45) is 0. The molecule has 0 spiro atoms. The van der Waals surface area contributed by atoms with Crippen LogP contribution in [-0.4, -0.2) is 4.57 Å². The topological polar surface area (TPSA) is 4.93 Å². The van der Waals surface area contributed by atoms with E-state index in [1.807, 2.05) is 0 Å². The van der Waals surface area contributed by atoms with Crippen LogP contribution in [0.1, 0.15) is 0 Å². The predicted octanol–water partition coefficient (Wildman–Crippen LogP) is 7.85. The maximum absolute atomic E-state index is 3.63. The Balaban J connectivity index is 1.75. The molecule has 0 radical (unpaired) electrons. The summed E-state index contributed by atoms with van der Waals surface area (Å²) in [6.45, 7) is 0. The summed E-state index contributed by atoms with van der Waals surface area (Å²) in [5.74, 6) is 0. The van der Waals surface area contributed by atoms with Crippen LogP contribution in [0.4, 0.5) is 0 Å². The Labute approximate surface area is 171 Å². The van der Waals surface area contributed by atoms with Gasteiger partial charge in [-0.3, -0.25) is 0 Å². The molecule has 6 rings (SSSR count). The van der Waals surface area contributed by atoms with E-state index in [9.17, 15) is 0 Å². The van der Waals surface area contributed by atoms with Gasteiger partial charge < -0.3 is 4.57 Å². The molecule has 132 valence electrons. The van der Waals surface area contributed by atoms with Crippen LogP contribution in [-0.2, 0) is 0 Å². The highest BCUT2D eigenvalue weighted by atomic mass is 79.9. The first kappa shape index (κ1) is 15.9. The normalized spacial score (nSPS) is 11.8. The molecule has 1 heterocycles. The SMILES string of the molecule is Brc1ccc2c(c1)c1ccccc1n2-c1ccc2ccc3ccccc3c2c1. The lowest BCUT2D eigenvalue weighted by molar-refractivity contribution is 1.19. The average Bonchev–Trinajstić information content (AvgIpc) is 3.07. The number of hydrogen-bond donors (Lipinski definition) is 0. The minimum atomic E-state index is 1.10. The van der Waals surface area contributed by atoms with Crippen LogP contribution in [0.5, 0.6) is 0 Å². The van der Waals surface area contributed by atoms with Crippen molar-refractivity contribution >= 4 is 59.3 Å². The molecule has 6 aromatic rings. The van der Waals surface area contributed by atoms with E-state index in [2.05, 4.69) is 118 Å². The molecule has 28 heavy (non-hydrogen) atoms. The van der Waals surface area contributed by atoms with Crippen molar-refractivity contribution in [2.24, 2.45) is 0 Å². The van der Waals surface area contributed by atoms with Crippen LogP contribution >= 0.6 is 15.9 Å². The van der Waals surface area contributed by atoms with Crippen molar-refractivity contribution in [3.8, 4) is 5.69 Å². The summed E-state index contributed by atoms with van der Waals surface area (Å²) in [5.41, 5.74) is 3.65. The van der Waals surface area contributed by atoms with Crippen molar-refractivity contribution in [2.45, 2.75) is 0 Å². The van der Waals surface area contributed by atoms with Crippen molar-refractivity contribution in [3.63, 3.8) is 0 Å². The van der Waals surface area contributed by atoms with Crippen LogP contribution in [0.15, 0.2) is 102 Å². The first-order valence-corrected chi connectivity index (χ1v) is 10.2. The van der Waals surface area contributed by atoms with Crippen LogP contribution < -0.4 is 0 Å². The molecule has 0 saturated heterocycles. The van der Waals surface area contributed by atoms with Gasteiger partial charge in [-0.05, 0) is 57.9 Å². The molecule has 0 saturated carbocycles. The maximum Gasteiger partial charge on any atom is 0.0541 e. The van der Waals surface area contributed by atoms with Crippen molar-refractivity contribution < 1.29 is 0 Å². The van der Waals surface area contributed by atoms with Crippen LogP contribution in [0.2, 0.25) is 0 Å². The lowest BCUT2D eigenvalue weighted by Gasteiger charge is -2.11. The summed E-state index contributed by atoms with van der Waals surface area (Å²) < 4.78 is 3.48. The van der Waals surface area contributed by atoms with Gasteiger partial charge in [0.15, 0.2) is 0 Å². The largest absolute Gasteiger partial charge is 0.309 e. The molecule has 0 aliphatic carbocycles. The van der Waals surface area contributed by atoms with Crippen molar-refractivity contribution in [1.82, 2.24) is 4.57 Å². The first-order valence-electron chi connectivity index (χ1n) is 9.40. The molecule has 0 aliphatic heterocycles. The van der Waals surface area contributed by atoms with Gasteiger partial charge in [0.25, 0.3) is 0 Å². The van der Waals surface area contributed by atoms with Crippen molar-refractivity contribution in [2.75, 3.05) is 0 Å². The third-order valence-corrected chi connectivity index (χ3v) is 6.12. The van der Waals surface area contributed by atoms with Gasteiger partial charge in [0.1, 0.15) is 0 Å². The molecule has 5 aromatic carbocycles. The van der Waals surface area contributed by atoms with Crippen LogP contribution in [0.3, 0.4) is 0 Å². The summed E-state index contributed by atoms with van der Waals surface area (Å²) in [5, 5.41) is 7.67. The molecule has 0 bridgehead atoms. The molecule has 2 heteroatoms. The summed E-state index contributed by atoms with van der Waals surface area (Å²) in [6, 6.07) is 35.0. The number of rotatable bonds is 1. The minimum absolute atomic E-state index is 1.10. The average molecular weight is 422 g/mol. The zero-order valence-electron chi connectivity index (χ0n) is 15.1. The summed E-state index contributed by atoms with van der Waals surface area (Å²) >= 11 is 3.63. The van der Waals surface area contributed by atoms with E-state index in [1.165, 1.54) is 49.0 Å². The predicted molar refractivity (Wildman–Crippen MR) is 123 cm³/mol. The van der Waals surface area contributed by atoms with E-state index in [-0.39, 0.29) is 0 Å². The van der Waals surface area contributed by atoms with Gasteiger partial charge in [0.2, 0.25) is 0 Å². The molecule has 0 unspecified atom stereocenters. The minimum Gasteiger partial charge on any atom is -0.309 e. The second-order valence-electron chi connectivity index (χ2n) is 7.21. The van der Waals surface area contributed by atoms with E-state index in [0.29, 0.717) is 0 Å². The second kappa shape index (κ2) is 5.95. The van der Waals surface area contributed by atoms with Crippen molar-refractivity contribution in [1.29, 1.82) is 0 Å². The first-order chi connectivity index (χ1) is 13.8. The summed E-state index contributed by atoms with van der Waals surface area (Å²) in [7, 11) is 0. The maximum atomic E-state index is 3.63. The zero-order valence-corrected chi connectivity index (χ0v) is 16.6. The third kappa shape index (κ3) is 2.25. The highest BCUT2D eigenvalue weighted by Crippen LogP contribution is 2.35. The molecule has 0 N–H and O–H groups in total. The van der Waals surface area contributed by atoms with E-state index < -0.39 is 0 Å². The standard InChI is InChI=1S/C26H16BrN/c27-19-12-14-26-24(15-19)22-7-3-4-8-25(22)28(26)20-13-11-18-10-9-17-5-1-2-6-21(17)23(18)16-20/h1-16H. The quantitative estimate of drug-likeness (QED) is 0.238. The van der Waals surface area contributed by atoms with Gasteiger partial charge in [-0.25, -0.2) is 0 Å². The highest BCUT2D eigenvalue weighted by molar-refractivity contribution is 9.10. The molecule has 0 aliphatic rings. The van der Waals surface area contributed by atoms with E-state index in [1.54, 1.807) is 0 Å². The van der Waals surface area contributed by atoms with Gasteiger partial charge in [-0.2, -0.15) is 0 Å². The van der Waals surface area contributed by atoms with Gasteiger partial charge in [0, 0.05) is 20.9 Å². The monoisotopic (exact) mass is 421 g/mol. The fraction of sp³-hybridized carbons (Fsp3) is 0. The molecular formula is C26H16BrN. The number of para-hydroxylation sites is 1. The van der Waals surface area contributed by atoms with Gasteiger partial charge in [0.05, 0.1) is 11.0 Å². The van der Waals surface area contributed by atoms with E-state index >= 15 is 0 Å². The number of hydrogen-bond acceptors (Lipinski definition) is 0. The third-order valence-electron chi connectivity index (χ3n) is 5.62. The molecule has 0 atom stereocenters. The number of benzene rings is 5. The lowest BCUT2D eigenvalue weighted by atomic mass is 10.0. The molecule has 1 aromatic heterocycles. The number of nitrogens with zero attached hydrogens (tertiary/aromatic N) is 1. The fourth-order valence-electron chi connectivity index (χ4n) is 4.35. The Bertz CT molecular complexity index is 1520. The van der Waals surface area contributed by atoms with E-state index in [0.717, 1.165) is 4.47 Å². The number of halogens is 1. The number of aromatic nitrogens is 1. The van der Waals surface area contributed by atoms with Crippen LogP contribution in [0.25, 0.3) is 49.0 Å². The van der Waals surface area contributed by atoms with Gasteiger partial charge in [-0.15, -0.1) is 0 Å². The van der Waals surface area contributed by atoms with Gasteiger partial charge >= 0.3 is 0 Å². The molecule has 0 amide bonds. The Kier molecular flexibility index (Phi) is 3.38. The van der Waals surface area contributed by atoms with Gasteiger partial charge in [-0.1, -0.05) is 76.6 Å². The van der Waals surface area contributed by atoms with Crippen LogP contribution in [0, 0.1) is 0 Å². The summed E-state index contributed by atoms with van der Waals surface area (Å²) in [4.78, 5) is 0. The smallest absolute Gasteiger partial charge is 0.0541 e. The zero-order chi connectivity index (χ0) is 18.7. The van der Waals surface area contributed by atoms with E-state index in [4.69, 9.17) is 0 Å². The second-order valence-corrected chi connectivity index (χ2v) is 8.12. The fourth-order valence-corrected chi connectivity index (χ4v) is 4.71. The Hall–Kier alpha value is -3.10. The molecular weight excluding hydrogens is 406 g/mol. The Morgan fingerprint density at radius 1 is 0.500 bits per heavy atom. The lowest BCUT2D eigenvalue weighted by Crippen LogP contribution is -1.93. The highest BCUT2D eigenvalue weighted by Gasteiger charge is 2.13. The van der Waals surface area contributed by atoms with Crippen molar-refractivity contribution in [3.05, 3.63) is 102 Å². The molecule has 1 nitrogen and oxygen atoms in total. The number of fused-ring (bicyclic) bond motifs is 6.